The van der Waals surface area contributed by atoms with Crippen molar-refractivity contribution in [2.45, 2.75) is 26.4 Å². The van der Waals surface area contributed by atoms with Crippen molar-refractivity contribution < 1.29 is 14.0 Å². The second-order valence-electron chi connectivity index (χ2n) is 2.22. The van der Waals surface area contributed by atoms with Crippen LogP contribution in [-0.2, 0) is 9.09 Å². The molecule has 66 valence electrons. The minimum absolute atomic E-state index is 0.00491. The average Bonchev–Trinajstić information content (AvgIpc) is 1.86. The molecule has 1 N–H and O–H groups in total. The molecule has 5 heteroatoms. The van der Waals surface area contributed by atoms with Crippen LogP contribution in [0.1, 0.15) is 20.3 Å². The first kappa shape index (κ1) is 11.4. The van der Waals surface area contributed by atoms with Crippen molar-refractivity contribution in [2.24, 2.45) is 0 Å². The predicted octanol–water partition coefficient (Wildman–Crippen LogP) is 2.85. The zero-order valence-electron chi connectivity index (χ0n) is 6.58. The second kappa shape index (κ2) is 4.41. The number of halogens is 1. The molecule has 11 heavy (non-hydrogen) atoms. The van der Waals surface area contributed by atoms with Crippen LogP contribution >= 0.6 is 23.5 Å². The molecule has 0 saturated heterocycles. The Morgan fingerprint density at radius 3 is 2.64 bits per heavy atom. The number of hydrogen-bond acceptors (Lipinski definition) is 2. The fraction of sp³-hybridized carbons (Fsp3) is 0.667. The third-order valence-corrected chi connectivity index (χ3v) is 3.81. The molecule has 0 amide bonds. The van der Waals surface area contributed by atoms with E-state index < -0.39 is 7.60 Å². The summed E-state index contributed by atoms with van der Waals surface area (Å²) in [6.45, 7) is 6.90. The zero-order chi connectivity index (χ0) is 9.07. The molecule has 0 radical (unpaired) electrons. The van der Waals surface area contributed by atoms with Crippen LogP contribution in [0.4, 0.5) is 0 Å². The van der Waals surface area contributed by atoms with E-state index in [2.05, 4.69) is 22.5 Å². The SMILES string of the molecule is C=C(Br)P(=O)(O)OC(C)CC. The topological polar surface area (TPSA) is 46.5 Å². The largest absolute Gasteiger partial charge is 0.365 e. The maximum Gasteiger partial charge on any atom is 0.365 e. The Morgan fingerprint density at radius 2 is 2.36 bits per heavy atom. The lowest BCUT2D eigenvalue weighted by molar-refractivity contribution is 0.191. The van der Waals surface area contributed by atoms with Gasteiger partial charge in [-0.15, -0.1) is 0 Å². The third-order valence-electron chi connectivity index (χ3n) is 1.20. The van der Waals surface area contributed by atoms with E-state index in [1.165, 1.54) is 0 Å². The molecule has 0 fully saturated rings. The normalized spacial score (nSPS) is 18.9. The van der Waals surface area contributed by atoms with Crippen molar-refractivity contribution in [3.05, 3.63) is 10.8 Å². The smallest absolute Gasteiger partial charge is 0.321 e. The molecular formula is C6H12BrO3P. The highest BCUT2D eigenvalue weighted by Crippen LogP contribution is 2.53. The summed E-state index contributed by atoms with van der Waals surface area (Å²) in [7, 11) is -3.61. The van der Waals surface area contributed by atoms with Crippen molar-refractivity contribution in [1.29, 1.82) is 0 Å². The van der Waals surface area contributed by atoms with Crippen LogP contribution in [0.3, 0.4) is 0 Å². The van der Waals surface area contributed by atoms with Crippen LogP contribution in [-0.4, -0.2) is 11.0 Å². The third kappa shape index (κ3) is 4.06. The molecule has 0 aromatic rings. The molecule has 0 rings (SSSR count). The lowest BCUT2D eigenvalue weighted by Crippen LogP contribution is -2.03. The van der Waals surface area contributed by atoms with Gasteiger partial charge in [0, 0.05) is 0 Å². The Morgan fingerprint density at radius 1 is 1.91 bits per heavy atom. The quantitative estimate of drug-likeness (QED) is 0.772. The Bertz CT molecular complexity index is 192. The van der Waals surface area contributed by atoms with Gasteiger partial charge >= 0.3 is 7.60 Å². The van der Waals surface area contributed by atoms with Gasteiger partial charge in [-0.1, -0.05) is 13.5 Å². The van der Waals surface area contributed by atoms with E-state index in [9.17, 15) is 4.57 Å². The van der Waals surface area contributed by atoms with E-state index in [0.29, 0.717) is 6.42 Å². The van der Waals surface area contributed by atoms with E-state index in [0.717, 1.165) is 0 Å². The Hall–Kier alpha value is 0.370. The van der Waals surface area contributed by atoms with Gasteiger partial charge in [0.1, 0.15) is 0 Å². The van der Waals surface area contributed by atoms with Crippen LogP contribution in [0.15, 0.2) is 10.8 Å². The minimum Gasteiger partial charge on any atom is -0.321 e. The van der Waals surface area contributed by atoms with Gasteiger partial charge in [0.05, 0.1) is 10.3 Å². The fourth-order valence-corrected chi connectivity index (χ4v) is 1.38. The Balaban J connectivity index is 4.13. The molecule has 0 aromatic heterocycles. The number of hydrogen-bond donors (Lipinski definition) is 1. The summed E-state index contributed by atoms with van der Waals surface area (Å²) in [5.74, 6) is 0. The molecule has 2 atom stereocenters. The lowest BCUT2D eigenvalue weighted by atomic mass is 10.3. The first-order chi connectivity index (χ1) is 4.90. The van der Waals surface area contributed by atoms with Gasteiger partial charge in [0.15, 0.2) is 0 Å². The first-order valence-corrected chi connectivity index (χ1v) is 5.63. The molecule has 0 saturated carbocycles. The molecule has 0 bridgehead atoms. The van der Waals surface area contributed by atoms with Crippen LogP contribution in [0.25, 0.3) is 0 Å². The van der Waals surface area contributed by atoms with E-state index in [-0.39, 0.29) is 10.3 Å². The van der Waals surface area contributed by atoms with E-state index in [4.69, 9.17) is 9.42 Å². The summed E-state index contributed by atoms with van der Waals surface area (Å²) in [5, 5.41) is 0. The monoisotopic (exact) mass is 242 g/mol. The summed E-state index contributed by atoms with van der Waals surface area (Å²) in [5.41, 5.74) is 0. The Kier molecular flexibility index (Phi) is 4.56. The van der Waals surface area contributed by atoms with Crippen LogP contribution in [0, 0.1) is 0 Å². The maximum atomic E-state index is 11.1. The van der Waals surface area contributed by atoms with Crippen molar-refractivity contribution in [1.82, 2.24) is 0 Å². The average molecular weight is 243 g/mol. The molecule has 0 aliphatic rings. The molecule has 0 aromatic carbocycles. The van der Waals surface area contributed by atoms with Gasteiger partial charge in [-0.25, -0.2) is 0 Å². The van der Waals surface area contributed by atoms with Gasteiger partial charge in [0.2, 0.25) is 0 Å². The first-order valence-electron chi connectivity index (χ1n) is 3.26. The molecule has 0 heterocycles. The van der Waals surface area contributed by atoms with E-state index in [1.54, 1.807) is 6.92 Å². The predicted molar refractivity (Wildman–Crippen MR) is 48.7 cm³/mol. The van der Waals surface area contributed by atoms with Crippen molar-refractivity contribution in [3.8, 4) is 0 Å². The highest BCUT2D eigenvalue weighted by Gasteiger charge is 2.24. The summed E-state index contributed by atoms with van der Waals surface area (Å²) >= 11 is 2.82. The minimum atomic E-state index is -3.61. The van der Waals surface area contributed by atoms with Crippen molar-refractivity contribution in [2.75, 3.05) is 0 Å². The molecule has 0 aliphatic heterocycles. The summed E-state index contributed by atoms with van der Waals surface area (Å²) in [6.07, 6.45) is 0.477. The molecule has 3 nitrogen and oxygen atoms in total. The van der Waals surface area contributed by atoms with Crippen molar-refractivity contribution in [3.63, 3.8) is 0 Å². The van der Waals surface area contributed by atoms with Gasteiger partial charge in [-0.3, -0.25) is 4.57 Å². The second-order valence-corrected chi connectivity index (χ2v) is 5.58. The van der Waals surface area contributed by atoms with Crippen LogP contribution in [0.2, 0.25) is 0 Å². The van der Waals surface area contributed by atoms with Gasteiger partial charge in [-0.2, -0.15) is 0 Å². The highest BCUT2D eigenvalue weighted by atomic mass is 79.9. The van der Waals surface area contributed by atoms with Gasteiger partial charge in [-0.05, 0) is 29.3 Å². The lowest BCUT2D eigenvalue weighted by Gasteiger charge is -2.15. The van der Waals surface area contributed by atoms with Gasteiger partial charge in [0.25, 0.3) is 0 Å². The maximum absolute atomic E-state index is 11.1. The zero-order valence-corrected chi connectivity index (χ0v) is 9.06. The standard InChI is InChI=1S/C6H12BrO3P/c1-4-5(2)10-11(8,9)6(3)7/h5H,3-4H2,1-2H3,(H,8,9). The molecule has 0 spiro atoms. The molecule has 0 aliphatic carbocycles. The molecule has 2 unspecified atom stereocenters. The van der Waals surface area contributed by atoms with E-state index >= 15 is 0 Å². The molecular weight excluding hydrogens is 231 g/mol. The van der Waals surface area contributed by atoms with Crippen molar-refractivity contribution >= 4 is 23.5 Å². The fourth-order valence-electron chi connectivity index (χ4n) is 0.376. The highest BCUT2D eigenvalue weighted by molar-refractivity contribution is 9.13. The van der Waals surface area contributed by atoms with E-state index in [1.807, 2.05) is 6.92 Å². The summed E-state index contributed by atoms with van der Waals surface area (Å²) in [6, 6.07) is 0. The van der Waals surface area contributed by atoms with Gasteiger partial charge < -0.3 is 9.42 Å². The van der Waals surface area contributed by atoms with Crippen LogP contribution in [0.5, 0.6) is 0 Å². The Labute approximate surface area is 75.1 Å². The summed E-state index contributed by atoms with van der Waals surface area (Å²) in [4.78, 5) is 9.08. The van der Waals surface area contributed by atoms with Crippen LogP contribution < -0.4 is 0 Å². The number of rotatable bonds is 4. The summed E-state index contributed by atoms with van der Waals surface area (Å²) < 4.78 is 15.9.